The molecule has 0 saturated carbocycles. The molecule has 38 heavy (non-hydrogen) atoms. The van der Waals surface area contributed by atoms with Crippen molar-refractivity contribution in [2.45, 2.75) is 6.42 Å². The number of nitrogens with zero attached hydrogens (tertiary/aromatic N) is 3. The molecule has 0 atom stereocenters. The standard InChI is InChI=1S/C32H27N3O3/c1-36-24-16-10-13-22(18-24)31-26-20-29(38-3)28(37-2)19-25(26)30-27(17-21-11-6-4-7-12-21)34-35(32(30)33-31)23-14-8-5-9-15-23/h4-16,18-20H,17H2,1-3H3. The van der Waals surface area contributed by atoms with Gasteiger partial charge in [0.1, 0.15) is 5.75 Å². The molecule has 6 rings (SSSR count). The van der Waals surface area contributed by atoms with Gasteiger partial charge in [-0.25, -0.2) is 9.67 Å². The van der Waals surface area contributed by atoms with Gasteiger partial charge in [0.2, 0.25) is 0 Å². The number of fused-ring (bicyclic) bond motifs is 3. The van der Waals surface area contributed by atoms with Crippen LogP contribution in [0.15, 0.2) is 97.1 Å². The minimum Gasteiger partial charge on any atom is -0.497 e. The quantitative estimate of drug-likeness (QED) is 0.239. The van der Waals surface area contributed by atoms with Crippen molar-refractivity contribution in [1.82, 2.24) is 14.8 Å². The molecule has 6 heteroatoms. The molecule has 0 fully saturated rings. The second kappa shape index (κ2) is 9.90. The molecule has 6 nitrogen and oxygen atoms in total. The molecule has 0 radical (unpaired) electrons. The molecule has 2 aromatic heterocycles. The van der Waals surface area contributed by atoms with Gasteiger partial charge in [0, 0.05) is 22.8 Å². The summed E-state index contributed by atoms with van der Waals surface area (Å²) in [7, 11) is 4.97. The minimum atomic E-state index is 0.644. The summed E-state index contributed by atoms with van der Waals surface area (Å²) < 4.78 is 18.9. The second-order valence-electron chi connectivity index (χ2n) is 9.00. The Morgan fingerprint density at radius 2 is 1.37 bits per heavy atom. The van der Waals surface area contributed by atoms with Gasteiger partial charge in [-0.15, -0.1) is 0 Å². The second-order valence-corrected chi connectivity index (χ2v) is 9.00. The van der Waals surface area contributed by atoms with Crippen LogP contribution in [0.5, 0.6) is 17.2 Å². The molecule has 0 amide bonds. The molecule has 188 valence electrons. The molecule has 2 heterocycles. The Kier molecular flexibility index (Phi) is 6.14. The number of benzene rings is 4. The summed E-state index contributed by atoms with van der Waals surface area (Å²) in [5, 5.41) is 8.06. The number of hydrogen-bond acceptors (Lipinski definition) is 5. The fraction of sp³-hybridized carbons (Fsp3) is 0.125. The topological polar surface area (TPSA) is 58.4 Å². The first-order chi connectivity index (χ1) is 18.7. The van der Waals surface area contributed by atoms with Crippen molar-refractivity contribution >= 4 is 21.8 Å². The summed E-state index contributed by atoms with van der Waals surface area (Å²) in [5.74, 6) is 2.06. The van der Waals surface area contributed by atoms with Gasteiger partial charge in [-0.2, -0.15) is 5.10 Å². The van der Waals surface area contributed by atoms with Crippen molar-refractivity contribution in [2.75, 3.05) is 21.3 Å². The van der Waals surface area contributed by atoms with E-state index in [0.717, 1.165) is 50.2 Å². The largest absolute Gasteiger partial charge is 0.497 e. The molecule has 0 saturated heterocycles. The Labute approximate surface area is 221 Å². The van der Waals surface area contributed by atoms with Crippen LogP contribution < -0.4 is 14.2 Å². The zero-order chi connectivity index (χ0) is 26.1. The van der Waals surface area contributed by atoms with Crippen molar-refractivity contribution in [2.24, 2.45) is 0 Å². The maximum atomic E-state index is 5.73. The Morgan fingerprint density at radius 1 is 0.684 bits per heavy atom. The smallest absolute Gasteiger partial charge is 0.164 e. The summed E-state index contributed by atoms with van der Waals surface area (Å²) in [4.78, 5) is 5.27. The Balaban J connectivity index is 1.74. The van der Waals surface area contributed by atoms with Gasteiger partial charge in [-0.3, -0.25) is 0 Å². The van der Waals surface area contributed by atoms with E-state index < -0.39 is 0 Å². The first-order valence-corrected chi connectivity index (χ1v) is 12.4. The van der Waals surface area contributed by atoms with E-state index in [-0.39, 0.29) is 0 Å². The molecule has 0 aliphatic heterocycles. The Morgan fingerprint density at radius 3 is 2.05 bits per heavy atom. The summed E-state index contributed by atoms with van der Waals surface area (Å²) in [5.41, 5.74) is 5.60. The van der Waals surface area contributed by atoms with E-state index in [1.165, 1.54) is 5.56 Å². The highest BCUT2D eigenvalue weighted by Gasteiger charge is 2.22. The lowest BCUT2D eigenvalue weighted by Gasteiger charge is -2.14. The third kappa shape index (κ3) is 4.10. The molecule has 0 aliphatic carbocycles. The highest BCUT2D eigenvalue weighted by atomic mass is 16.5. The number of para-hydroxylation sites is 1. The summed E-state index contributed by atoms with van der Waals surface area (Å²) >= 11 is 0. The lowest BCUT2D eigenvalue weighted by atomic mass is 9.98. The number of pyridine rings is 1. The van der Waals surface area contributed by atoms with Gasteiger partial charge in [-0.1, -0.05) is 60.7 Å². The monoisotopic (exact) mass is 501 g/mol. The molecular formula is C32H27N3O3. The predicted octanol–water partition coefficient (Wildman–Crippen LogP) is 6.86. The zero-order valence-electron chi connectivity index (χ0n) is 21.5. The Bertz CT molecular complexity index is 1750. The van der Waals surface area contributed by atoms with E-state index in [4.69, 9.17) is 24.3 Å². The van der Waals surface area contributed by atoms with E-state index in [0.29, 0.717) is 17.9 Å². The lowest BCUT2D eigenvalue weighted by Crippen LogP contribution is -1.99. The lowest BCUT2D eigenvalue weighted by molar-refractivity contribution is 0.356. The van der Waals surface area contributed by atoms with Crippen molar-refractivity contribution < 1.29 is 14.2 Å². The predicted molar refractivity (Wildman–Crippen MR) is 151 cm³/mol. The fourth-order valence-electron chi connectivity index (χ4n) is 4.93. The van der Waals surface area contributed by atoms with Gasteiger partial charge in [0.25, 0.3) is 0 Å². The molecule has 0 aliphatic rings. The van der Waals surface area contributed by atoms with E-state index in [1.807, 2.05) is 77.5 Å². The molecule has 0 spiro atoms. The van der Waals surface area contributed by atoms with Crippen LogP contribution in [0.4, 0.5) is 0 Å². The van der Waals surface area contributed by atoms with Gasteiger partial charge in [0.05, 0.1) is 43.8 Å². The summed E-state index contributed by atoms with van der Waals surface area (Å²) in [6.45, 7) is 0. The van der Waals surface area contributed by atoms with Gasteiger partial charge >= 0.3 is 0 Å². The van der Waals surface area contributed by atoms with Crippen LogP contribution in [-0.2, 0) is 6.42 Å². The zero-order valence-corrected chi connectivity index (χ0v) is 21.5. The van der Waals surface area contributed by atoms with Crippen LogP contribution in [0.2, 0.25) is 0 Å². The van der Waals surface area contributed by atoms with Gasteiger partial charge in [-0.05, 0) is 42.0 Å². The van der Waals surface area contributed by atoms with Crippen LogP contribution in [0.3, 0.4) is 0 Å². The molecule has 6 aromatic rings. The maximum Gasteiger partial charge on any atom is 0.164 e. The minimum absolute atomic E-state index is 0.644. The van der Waals surface area contributed by atoms with Crippen molar-refractivity contribution in [3.05, 3.63) is 108 Å². The molecule has 0 bridgehead atoms. The van der Waals surface area contributed by atoms with E-state index >= 15 is 0 Å². The molecule has 0 N–H and O–H groups in total. The van der Waals surface area contributed by atoms with Crippen molar-refractivity contribution in [1.29, 1.82) is 0 Å². The third-order valence-corrected chi connectivity index (χ3v) is 6.76. The highest BCUT2D eigenvalue weighted by Crippen LogP contribution is 2.41. The van der Waals surface area contributed by atoms with Crippen molar-refractivity contribution in [3.8, 4) is 34.2 Å². The Hall–Kier alpha value is -4.84. The van der Waals surface area contributed by atoms with Crippen LogP contribution in [0.1, 0.15) is 11.3 Å². The van der Waals surface area contributed by atoms with Gasteiger partial charge < -0.3 is 14.2 Å². The molecule has 0 unspecified atom stereocenters. The highest BCUT2D eigenvalue weighted by molar-refractivity contribution is 6.12. The fourth-order valence-corrected chi connectivity index (χ4v) is 4.93. The summed E-state index contributed by atoms with van der Waals surface area (Å²) in [6.07, 6.45) is 0.667. The van der Waals surface area contributed by atoms with Crippen LogP contribution >= 0.6 is 0 Å². The average molecular weight is 502 g/mol. The number of methoxy groups -OCH3 is 3. The van der Waals surface area contributed by atoms with Crippen molar-refractivity contribution in [3.63, 3.8) is 0 Å². The number of ether oxygens (including phenoxy) is 3. The van der Waals surface area contributed by atoms with Gasteiger partial charge in [0.15, 0.2) is 17.1 Å². The summed E-state index contributed by atoms with van der Waals surface area (Å²) in [6, 6.07) is 32.5. The van der Waals surface area contributed by atoms with Crippen LogP contribution in [0, 0.1) is 0 Å². The number of rotatable bonds is 7. The SMILES string of the molecule is COc1cccc(-c2nc3c(c(Cc4ccccc4)nn3-c3ccccc3)c3cc(OC)c(OC)cc23)c1. The van der Waals surface area contributed by atoms with E-state index in [9.17, 15) is 0 Å². The van der Waals surface area contributed by atoms with Crippen LogP contribution in [-0.4, -0.2) is 36.1 Å². The molecule has 4 aromatic carbocycles. The maximum absolute atomic E-state index is 5.73. The normalized spacial score (nSPS) is 11.1. The third-order valence-electron chi connectivity index (χ3n) is 6.76. The first-order valence-electron chi connectivity index (χ1n) is 12.4. The molecular weight excluding hydrogens is 474 g/mol. The van der Waals surface area contributed by atoms with E-state index in [1.54, 1.807) is 21.3 Å². The number of hydrogen-bond donors (Lipinski definition) is 0. The van der Waals surface area contributed by atoms with E-state index in [2.05, 4.69) is 24.3 Å². The van der Waals surface area contributed by atoms with Crippen LogP contribution in [0.25, 0.3) is 38.8 Å². The number of aromatic nitrogens is 3. The average Bonchev–Trinajstić information content (AvgIpc) is 3.35. The first kappa shape index (κ1) is 23.6.